The van der Waals surface area contributed by atoms with E-state index in [0.717, 1.165) is 12.3 Å². The Morgan fingerprint density at radius 2 is 2.33 bits per heavy atom. The van der Waals surface area contributed by atoms with Gasteiger partial charge in [-0.05, 0) is 18.9 Å². The lowest BCUT2D eigenvalue weighted by molar-refractivity contribution is -0.141. The van der Waals surface area contributed by atoms with Crippen LogP contribution in [0.3, 0.4) is 0 Å². The molecule has 5 nitrogen and oxygen atoms in total. The Balaban J connectivity index is 2.20. The number of nitrogens with zero attached hydrogens (tertiary/aromatic N) is 3. The van der Waals surface area contributed by atoms with Gasteiger partial charge in [0.15, 0.2) is 0 Å². The van der Waals surface area contributed by atoms with Crippen LogP contribution in [0.25, 0.3) is 0 Å². The lowest BCUT2D eigenvalue weighted by Gasteiger charge is -2.24. The predicted octanol–water partition coefficient (Wildman–Crippen LogP) is 1.77. The highest BCUT2D eigenvalue weighted by Crippen LogP contribution is 2.29. The van der Waals surface area contributed by atoms with Crippen molar-refractivity contribution in [2.75, 3.05) is 18.0 Å². The first-order valence-electron chi connectivity index (χ1n) is 6.49. The number of hydrogen-bond acceptors (Lipinski definition) is 4. The molecule has 0 aliphatic carbocycles. The van der Waals surface area contributed by atoms with Crippen molar-refractivity contribution in [3.05, 3.63) is 30.6 Å². The van der Waals surface area contributed by atoms with Gasteiger partial charge in [-0.15, -0.1) is 6.58 Å². The average Bonchev–Trinajstić information content (AvgIpc) is 2.93. The first-order valence-corrected chi connectivity index (χ1v) is 6.49. The summed E-state index contributed by atoms with van der Waals surface area (Å²) in [5, 5.41) is 2.64. The van der Waals surface area contributed by atoms with Gasteiger partial charge in [-0.3, -0.25) is 4.79 Å². The summed E-state index contributed by atoms with van der Waals surface area (Å²) in [6.45, 7) is 4.26. The molecule has 1 atom stereocenters. The number of alkyl halides is 3. The number of anilines is 1. The van der Waals surface area contributed by atoms with Crippen molar-refractivity contribution in [1.82, 2.24) is 15.3 Å². The van der Waals surface area contributed by atoms with E-state index in [1.807, 2.05) is 0 Å². The molecule has 21 heavy (non-hydrogen) atoms. The summed E-state index contributed by atoms with van der Waals surface area (Å²) >= 11 is 0. The third kappa shape index (κ3) is 3.50. The highest BCUT2D eigenvalue weighted by atomic mass is 19.4. The lowest BCUT2D eigenvalue weighted by atomic mass is 10.2. The maximum atomic E-state index is 12.7. The van der Waals surface area contributed by atoms with E-state index in [2.05, 4.69) is 21.9 Å². The highest BCUT2D eigenvalue weighted by molar-refractivity contribution is 5.85. The molecule has 0 unspecified atom stereocenters. The van der Waals surface area contributed by atoms with E-state index in [1.165, 1.54) is 11.0 Å². The SMILES string of the molecule is C=CCNC(=O)[C@H]1CCCN1c1nccc(C(F)(F)F)n1. The van der Waals surface area contributed by atoms with E-state index in [0.29, 0.717) is 25.9 Å². The molecule has 1 aromatic heterocycles. The number of carbonyl (C=O) groups is 1. The second kappa shape index (κ2) is 6.11. The smallest absolute Gasteiger partial charge is 0.351 e. The molecule has 0 aromatic carbocycles. The fraction of sp³-hybridized carbons (Fsp3) is 0.462. The monoisotopic (exact) mass is 300 g/mol. The topological polar surface area (TPSA) is 58.1 Å². The van der Waals surface area contributed by atoms with Gasteiger partial charge in [-0.1, -0.05) is 6.08 Å². The maximum Gasteiger partial charge on any atom is 0.433 e. The molecule has 114 valence electrons. The van der Waals surface area contributed by atoms with Gasteiger partial charge >= 0.3 is 6.18 Å². The van der Waals surface area contributed by atoms with Crippen molar-refractivity contribution in [2.24, 2.45) is 0 Å². The zero-order valence-electron chi connectivity index (χ0n) is 11.2. The van der Waals surface area contributed by atoms with E-state index in [-0.39, 0.29) is 11.9 Å². The molecule has 0 saturated carbocycles. The second-order valence-corrected chi connectivity index (χ2v) is 4.62. The van der Waals surface area contributed by atoms with Gasteiger partial charge in [-0.25, -0.2) is 9.97 Å². The molecule has 1 fully saturated rings. The van der Waals surface area contributed by atoms with Gasteiger partial charge in [0.25, 0.3) is 0 Å². The molecule has 1 N–H and O–H groups in total. The maximum absolute atomic E-state index is 12.7. The van der Waals surface area contributed by atoms with Crippen LogP contribution in [0.4, 0.5) is 19.1 Å². The summed E-state index contributed by atoms with van der Waals surface area (Å²) < 4.78 is 38.0. The van der Waals surface area contributed by atoms with Crippen LogP contribution in [0.2, 0.25) is 0 Å². The summed E-state index contributed by atoms with van der Waals surface area (Å²) in [5.41, 5.74) is -1.01. The molecular weight excluding hydrogens is 285 g/mol. The van der Waals surface area contributed by atoms with Gasteiger partial charge in [0.05, 0.1) is 0 Å². The van der Waals surface area contributed by atoms with Crippen LogP contribution < -0.4 is 10.2 Å². The Morgan fingerprint density at radius 3 is 3.00 bits per heavy atom. The van der Waals surface area contributed by atoms with Crippen molar-refractivity contribution in [3.63, 3.8) is 0 Å². The molecule has 0 spiro atoms. The molecule has 0 bridgehead atoms. The summed E-state index contributed by atoms with van der Waals surface area (Å²) in [6, 6.07) is 0.264. The number of hydrogen-bond donors (Lipinski definition) is 1. The summed E-state index contributed by atoms with van der Waals surface area (Å²) in [6.07, 6.45) is -0.674. The molecule has 1 saturated heterocycles. The van der Waals surface area contributed by atoms with E-state index in [1.54, 1.807) is 0 Å². The minimum Gasteiger partial charge on any atom is -0.351 e. The van der Waals surface area contributed by atoms with Crippen molar-refractivity contribution in [3.8, 4) is 0 Å². The average molecular weight is 300 g/mol. The quantitative estimate of drug-likeness (QED) is 0.861. The van der Waals surface area contributed by atoms with Crippen molar-refractivity contribution >= 4 is 11.9 Å². The molecular formula is C13H15F3N4O. The van der Waals surface area contributed by atoms with Gasteiger partial charge < -0.3 is 10.2 Å². The van der Waals surface area contributed by atoms with Gasteiger partial charge in [0, 0.05) is 19.3 Å². The Bertz CT molecular complexity index is 532. The van der Waals surface area contributed by atoms with E-state index in [9.17, 15) is 18.0 Å². The van der Waals surface area contributed by atoms with E-state index < -0.39 is 17.9 Å². The largest absolute Gasteiger partial charge is 0.433 e. The molecule has 1 aliphatic rings. The molecule has 1 amide bonds. The van der Waals surface area contributed by atoms with Gasteiger partial charge in [0.2, 0.25) is 11.9 Å². The molecule has 0 radical (unpaired) electrons. The molecule has 8 heteroatoms. The van der Waals surface area contributed by atoms with Gasteiger partial charge in [0.1, 0.15) is 11.7 Å². The fourth-order valence-electron chi connectivity index (χ4n) is 2.21. The standard InChI is InChI=1S/C13H15F3N4O/c1-2-6-17-11(21)9-4-3-8-20(9)12-18-7-5-10(19-12)13(14,15)16/h2,5,7,9H,1,3-4,6,8H2,(H,17,21)/t9-/m1/s1. The van der Waals surface area contributed by atoms with Crippen LogP contribution in [0.5, 0.6) is 0 Å². The van der Waals surface area contributed by atoms with Crippen molar-refractivity contribution in [1.29, 1.82) is 0 Å². The number of rotatable bonds is 4. The number of aromatic nitrogens is 2. The Labute approximate surface area is 119 Å². The number of nitrogens with one attached hydrogen (secondary N) is 1. The zero-order chi connectivity index (χ0) is 15.5. The normalized spacial score (nSPS) is 18.6. The molecule has 1 aliphatic heterocycles. The van der Waals surface area contributed by atoms with Crippen LogP contribution in [0.1, 0.15) is 18.5 Å². The number of carbonyl (C=O) groups excluding carboxylic acids is 1. The van der Waals surface area contributed by atoms with E-state index in [4.69, 9.17) is 0 Å². The van der Waals surface area contributed by atoms with Crippen LogP contribution >= 0.6 is 0 Å². The zero-order valence-corrected chi connectivity index (χ0v) is 11.2. The molecule has 1 aromatic rings. The van der Waals surface area contributed by atoms with Crippen molar-refractivity contribution < 1.29 is 18.0 Å². The van der Waals surface area contributed by atoms with Crippen LogP contribution in [-0.2, 0) is 11.0 Å². The third-order valence-electron chi connectivity index (χ3n) is 3.17. The first kappa shape index (κ1) is 15.3. The first-order chi connectivity index (χ1) is 9.93. The Kier molecular flexibility index (Phi) is 4.44. The Morgan fingerprint density at radius 1 is 1.57 bits per heavy atom. The van der Waals surface area contributed by atoms with Crippen molar-refractivity contribution in [2.45, 2.75) is 25.1 Å². The predicted molar refractivity (Wildman–Crippen MR) is 70.6 cm³/mol. The lowest BCUT2D eigenvalue weighted by Crippen LogP contribution is -2.44. The van der Waals surface area contributed by atoms with Crippen LogP contribution in [-0.4, -0.2) is 35.0 Å². The minimum absolute atomic E-state index is 0.0684. The summed E-state index contributed by atoms with van der Waals surface area (Å²) in [4.78, 5) is 20.9. The van der Waals surface area contributed by atoms with Crippen LogP contribution in [0.15, 0.2) is 24.9 Å². The Hall–Kier alpha value is -2.12. The summed E-state index contributed by atoms with van der Waals surface area (Å²) in [7, 11) is 0. The minimum atomic E-state index is -4.53. The third-order valence-corrected chi connectivity index (χ3v) is 3.17. The fourth-order valence-corrected chi connectivity index (χ4v) is 2.21. The molecule has 2 heterocycles. The summed E-state index contributed by atoms with van der Waals surface area (Å²) in [5.74, 6) is -0.325. The van der Waals surface area contributed by atoms with Crippen LogP contribution in [0, 0.1) is 0 Å². The second-order valence-electron chi connectivity index (χ2n) is 4.62. The number of halogens is 3. The molecule has 2 rings (SSSR count). The van der Waals surface area contributed by atoms with Gasteiger partial charge in [-0.2, -0.15) is 13.2 Å². The number of amides is 1. The highest BCUT2D eigenvalue weighted by Gasteiger charge is 2.36. The van der Waals surface area contributed by atoms with E-state index >= 15 is 0 Å².